The summed E-state index contributed by atoms with van der Waals surface area (Å²) >= 11 is 0. The van der Waals surface area contributed by atoms with Crippen LogP contribution in [0.15, 0.2) is 24.7 Å². The number of nitrogens with zero attached hydrogens (tertiary/aromatic N) is 4. The highest BCUT2D eigenvalue weighted by Gasteiger charge is 2.30. The Morgan fingerprint density at radius 3 is 3.30 bits per heavy atom. The molecular weight excluding hydrogens is 260 g/mol. The van der Waals surface area contributed by atoms with Gasteiger partial charge < -0.3 is 9.47 Å². The number of hydrogen-bond acceptors (Lipinski definition) is 6. The van der Waals surface area contributed by atoms with Gasteiger partial charge in [-0.15, -0.1) is 0 Å². The minimum atomic E-state index is -0.369. The lowest BCUT2D eigenvalue weighted by molar-refractivity contribution is -0.153. The van der Waals surface area contributed by atoms with Crippen molar-refractivity contribution in [1.29, 1.82) is 0 Å². The third-order valence-corrected chi connectivity index (χ3v) is 3.36. The first-order chi connectivity index (χ1) is 9.78. The van der Waals surface area contributed by atoms with Crippen LogP contribution >= 0.6 is 0 Å². The first kappa shape index (κ1) is 13.0. The van der Waals surface area contributed by atoms with Gasteiger partial charge in [0.25, 0.3) is 0 Å². The van der Waals surface area contributed by atoms with Crippen molar-refractivity contribution in [3.63, 3.8) is 0 Å². The maximum Gasteiger partial charge on any atom is 0.325 e. The number of aromatic nitrogens is 3. The molecule has 7 heteroatoms. The summed E-state index contributed by atoms with van der Waals surface area (Å²) in [7, 11) is 1.39. The molecule has 1 atom stereocenters. The topological polar surface area (TPSA) is 69.0 Å². The number of esters is 1. The molecule has 0 bridgehead atoms. The largest absolute Gasteiger partial charge is 0.468 e. The number of carbonyl (C=O) groups is 1. The van der Waals surface area contributed by atoms with Gasteiger partial charge in [0.1, 0.15) is 6.04 Å². The number of morpholine rings is 1. The van der Waals surface area contributed by atoms with Crippen molar-refractivity contribution >= 4 is 11.7 Å². The molecule has 3 rings (SSSR count). The van der Waals surface area contributed by atoms with Crippen LogP contribution < -0.4 is 0 Å². The van der Waals surface area contributed by atoms with E-state index in [1.165, 1.54) is 7.11 Å². The van der Waals surface area contributed by atoms with E-state index in [2.05, 4.69) is 9.97 Å². The average molecular weight is 276 g/mol. The Bertz CT molecular complexity index is 579. The van der Waals surface area contributed by atoms with E-state index < -0.39 is 0 Å². The second kappa shape index (κ2) is 5.56. The highest BCUT2D eigenvalue weighted by molar-refractivity contribution is 5.75. The minimum Gasteiger partial charge on any atom is -0.468 e. The van der Waals surface area contributed by atoms with E-state index in [4.69, 9.17) is 9.47 Å². The summed E-state index contributed by atoms with van der Waals surface area (Å²) in [6, 6.07) is 1.48. The lowest BCUT2D eigenvalue weighted by atomic mass is 10.2. The molecule has 0 radical (unpaired) electrons. The standard InChI is InChI=1S/C13H16N4O3/c1-19-12(18)11-9-20-6-5-16(11)7-10-8-17-4-2-3-14-13(17)15-10/h2-4,8,11H,5-7,9H2,1H3. The Morgan fingerprint density at radius 2 is 2.50 bits per heavy atom. The fraction of sp³-hybridized carbons (Fsp3) is 0.462. The summed E-state index contributed by atoms with van der Waals surface area (Å²) in [5, 5.41) is 0. The number of methoxy groups -OCH3 is 1. The molecule has 1 fully saturated rings. The zero-order valence-electron chi connectivity index (χ0n) is 11.2. The van der Waals surface area contributed by atoms with Gasteiger partial charge in [0.2, 0.25) is 5.78 Å². The van der Waals surface area contributed by atoms with Crippen LogP contribution in [0.5, 0.6) is 0 Å². The molecule has 1 aliphatic rings. The van der Waals surface area contributed by atoms with E-state index in [1.54, 1.807) is 6.20 Å². The molecule has 0 spiro atoms. The van der Waals surface area contributed by atoms with Crippen LogP contribution in [0, 0.1) is 0 Å². The summed E-state index contributed by atoms with van der Waals surface area (Å²) in [4.78, 5) is 22.4. The van der Waals surface area contributed by atoms with Gasteiger partial charge in [-0.1, -0.05) is 0 Å². The van der Waals surface area contributed by atoms with Crippen LogP contribution in [0.3, 0.4) is 0 Å². The molecule has 1 aliphatic heterocycles. The van der Waals surface area contributed by atoms with Crippen LogP contribution in [0.25, 0.3) is 5.78 Å². The van der Waals surface area contributed by atoms with E-state index in [1.807, 2.05) is 27.8 Å². The molecule has 3 heterocycles. The van der Waals surface area contributed by atoms with Gasteiger partial charge in [-0.25, -0.2) is 9.97 Å². The molecule has 0 aliphatic carbocycles. The Labute approximate surface area is 116 Å². The van der Waals surface area contributed by atoms with Gasteiger partial charge >= 0.3 is 5.97 Å². The van der Waals surface area contributed by atoms with Gasteiger partial charge in [0.15, 0.2) is 0 Å². The second-order valence-corrected chi connectivity index (χ2v) is 4.64. The Morgan fingerprint density at radius 1 is 1.60 bits per heavy atom. The smallest absolute Gasteiger partial charge is 0.325 e. The predicted octanol–water partition coefficient (Wildman–Crippen LogP) is 0.103. The van der Waals surface area contributed by atoms with Crippen molar-refractivity contribution < 1.29 is 14.3 Å². The SMILES string of the molecule is COC(=O)C1COCCN1Cc1cn2cccnc2n1. The summed E-state index contributed by atoms with van der Waals surface area (Å²) in [5.74, 6) is 0.386. The molecule has 0 aromatic carbocycles. The lowest BCUT2D eigenvalue weighted by Crippen LogP contribution is -2.49. The van der Waals surface area contributed by atoms with Crippen LogP contribution in [0.1, 0.15) is 5.69 Å². The van der Waals surface area contributed by atoms with Crippen molar-refractivity contribution in [2.75, 3.05) is 26.9 Å². The monoisotopic (exact) mass is 276 g/mol. The Hall–Kier alpha value is -1.99. The van der Waals surface area contributed by atoms with Crippen molar-refractivity contribution in [2.24, 2.45) is 0 Å². The van der Waals surface area contributed by atoms with Crippen molar-refractivity contribution in [2.45, 2.75) is 12.6 Å². The molecule has 1 saturated heterocycles. The maximum atomic E-state index is 11.8. The van der Waals surface area contributed by atoms with Crippen molar-refractivity contribution in [3.05, 3.63) is 30.4 Å². The highest BCUT2D eigenvalue weighted by atomic mass is 16.5. The van der Waals surface area contributed by atoms with Crippen LogP contribution in [0.4, 0.5) is 0 Å². The Balaban J connectivity index is 1.79. The number of carbonyl (C=O) groups excluding carboxylic acids is 1. The third kappa shape index (κ3) is 2.50. The molecule has 0 amide bonds. The first-order valence-electron chi connectivity index (χ1n) is 6.46. The third-order valence-electron chi connectivity index (χ3n) is 3.36. The molecule has 1 unspecified atom stereocenters. The summed E-state index contributed by atoms with van der Waals surface area (Å²) in [6.45, 7) is 2.23. The van der Waals surface area contributed by atoms with E-state index in [0.717, 1.165) is 5.69 Å². The number of fused-ring (bicyclic) bond motifs is 1. The number of rotatable bonds is 3. The highest BCUT2D eigenvalue weighted by Crippen LogP contribution is 2.13. The molecule has 2 aromatic rings. The predicted molar refractivity (Wildman–Crippen MR) is 70.0 cm³/mol. The van der Waals surface area contributed by atoms with Crippen molar-refractivity contribution in [3.8, 4) is 0 Å². The zero-order valence-corrected chi connectivity index (χ0v) is 11.2. The van der Waals surface area contributed by atoms with E-state index in [0.29, 0.717) is 32.1 Å². The Kier molecular flexibility index (Phi) is 3.62. The van der Waals surface area contributed by atoms with Gasteiger partial charge in [-0.2, -0.15) is 0 Å². The van der Waals surface area contributed by atoms with Gasteiger partial charge in [0.05, 0.1) is 26.0 Å². The van der Waals surface area contributed by atoms with Crippen molar-refractivity contribution in [1.82, 2.24) is 19.3 Å². The van der Waals surface area contributed by atoms with Crippen LogP contribution in [0.2, 0.25) is 0 Å². The quantitative estimate of drug-likeness (QED) is 0.741. The molecule has 0 saturated carbocycles. The number of hydrogen-bond donors (Lipinski definition) is 0. The molecule has 106 valence electrons. The first-order valence-corrected chi connectivity index (χ1v) is 6.46. The summed E-state index contributed by atoms with van der Waals surface area (Å²) in [6.07, 6.45) is 5.53. The van der Waals surface area contributed by atoms with Gasteiger partial charge in [-0.05, 0) is 6.07 Å². The number of ether oxygens (including phenoxy) is 2. The average Bonchev–Trinajstić information content (AvgIpc) is 2.89. The fourth-order valence-electron chi connectivity index (χ4n) is 2.34. The summed E-state index contributed by atoms with van der Waals surface area (Å²) < 4.78 is 12.0. The van der Waals surface area contributed by atoms with E-state index >= 15 is 0 Å². The summed E-state index contributed by atoms with van der Waals surface area (Å²) in [5.41, 5.74) is 0.875. The van der Waals surface area contributed by atoms with Crippen LogP contribution in [-0.4, -0.2) is 58.1 Å². The fourth-order valence-corrected chi connectivity index (χ4v) is 2.34. The number of imidazole rings is 1. The van der Waals surface area contributed by atoms with Gasteiger partial charge in [0, 0.05) is 31.7 Å². The molecule has 2 aromatic heterocycles. The van der Waals surface area contributed by atoms with E-state index in [-0.39, 0.29) is 12.0 Å². The zero-order chi connectivity index (χ0) is 13.9. The molecule has 20 heavy (non-hydrogen) atoms. The normalized spacial score (nSPS) is 20.1. The van der Waals surface area contributed by atoms with Gasteiger partial charge in [-0.3, -0.25) is 14.1 Å². The molecule has 0 N–H and O–H groups in total. The van der Waals surface area contributed by atoms with E-state index in [9.17, 15) is 4.79 Å². The minimum absolute atomic E-state index is 0.272. The second-order valence-electron chi connectivity index (χ2n) is 4.64. The molecule has 7 nitrogen and oxygen atoms in total. The molecular formula is C13H16N4O3. The maximum absolute atomic E-state index is 11.8. The lowest BCUT2D eigenvalue weighted by Gasteiger charge is -2.32. The van der Waals surface area contributed by atoms with Crippen LogP contribution in [-0.2, 0) is 20.8 Å².